The lowest BCUT2D eigenvalue weighted by molar-refractivity contribution is -0.149. The van der Waals surface area contributed by atoms with E-state index in [1.54, 1.807) is 19.9 Å². The molecule has 8 heteroatoms. The van der Waals surface area contributed by atoms with Gasteiger partial charge in [0.15, 0.2) is 0 Å². The molecule has 1 heterocycles. The molecule has 34 heavy (non-hydrogen) atoms. The molecular weight excluding hydrogens is 452 g/mol. The fourth-order valence-corrected chi connectivity index (χ4v) is 4.32. The highest BCUT2D eigenvalue weighted by Gasteiger charge is 2.37. The van der Waals surface area contributed by atoms with Crippen LogP contribution in [0.25, 0.3) is 6.08 Å². The van der Waals surface area contributed by atoms with Crippen molar-refractivity contribution in [2.75, 3.05) is 24.5 Å². The van der Waals surface area contributed by atoms with Crippen LogP contribution in [0.15, 0.2) is 53.4 Å². The number of amides is 2. The van der Waals surface area contributed by atoms with Crippen molar-refractivity contribution in [3.63, 3.8) is 0 Å². The predicted molar refractivity (Wildman–Crippen MR) is 135 cm³/mol. The molecule has 0 bridgehead atoms. The van der Waals surface area contributed by atoms with Gasteiger partial charge in [-0.1, -0.05) is 30.3 Å². The molecule has 2 aromatic carbocycles. The molecule has 1 saturated heterocycles. The van der Waals surface area contributed by atoms with Gasteiger partial charge in [-0.3, -0.25) is 19.3 Å². The number of thioether (sulfide) groups is 1. The standard InChI is InChI=1S/C26H30N2O5S/c1-5-27(6-2)21-13-12-20(22(15-21)32-17-19-10-8-7-9-11-19)14-23-25(30)28(26(31)34-23)16-24(29)33-18(3)4/h7-15,18H,5-6,16-17H2,1-4H3/b23-14+. The van der Waals surface area contributed by atoms with Crippen molar-refractivity contribution in [1.29, 1.82) is 0 Å². The summed E-state index contributed by atoms with van der Waals surface area (Å²) in [6, 6.07) is 15.6. The highest BCUT2D eigenvalue weighted by molar-refractivity contribution is 8.18. The molecule has 0 aromatic heterocycles. The van der Waals surface area contributed by atoms with Gasteiger partial charge >= 0.3 is 5.97 Å². The summed E-state index contributed by atoms with van der Waals surface area (Å²) in [7, 11) is 0. The molecule has 1 aliphatic rings. The fourth-order valence-electron chi connectivity index (χ4n) is 3.49. The van der Waals surface area contributed by atoms with Crippen LogP contribution in [0, 0.1) is 0 Å². The molecule has 0 saturated carbocycles. The van der Waals surface area contributed by atoms with Crippen LogP contribution >= 0.6 is 11.8 Å². The van der Waals surface area contributed by atoms with Crippen LogP contribution < -0.4 is 9.64 Å². The Labute approximate surface area is 204 Å². The van der Waals surface area contributed by atoms with Crippen molar-refractivity contribution in [1.82, 2.24) is 4.90 Å². The lowest BCUT2D eigenvalue weighted by atomic mass is 10.1. The molecular formula is C26H30N2O5S. The first kappa shape index (κ1) is 25.4. The Balaban J connectivity index is 1.87. The summed E-state index contributed by atoms with van der Waals surface area (Å²) in [6.07, 6.45) is 1.32. The summed E-state index contributed by atoms with van der Waals surface area (Å²) < 4.78 is 11.2. The quantitative estimate of drug-likeness (QED) is 0.344. The molecule has 0 radical (unpaired) electrons. The van der Waals surface area contributed by atoms with Gasteiger partial charge in [-0.05, 0) is 63.2 Å². The van der Waals surface area contributed by atoms with E-state index in [0.29, 0.717) is 17.9 Å². The number of ether oxygens (including phenoxy) is 2. The Bertz CT molecular complexity index is 1060. The SMILES string of the molecule is CCN(CC)c1ccc(/C=C2/SC(=O)N(CC(=O)OC(C)C)C2=O)c(OCc2ccccc2)c1. The van der Waals surface area contributed by atoms with Gasteiger partial charge < -0.3 is 14.4 Å². The molecule has 2 amide bonds. The van der Waals surface area contributed by atoms with Crippen molar-refractivity contribution in [3.05, 3.63) is 64.6 Å². The van der Waals surface area contributed by atoms with Crippen molar-refractivity contribution >= 4 is 40.6 Å². The number of hydrogen-bond acceptors (Lipinski definition) is 7. The first-order valence-electron chi connectivity index (χ1n) is 11.3. The number of rotatable bonds is 10. The maximum absolute atomic E-state index is 12.9. The summed E-state index contributed by atoms with van der Waals surface area (Å²) in [4.78, 5) is 40.6. The van der Waals surface area contributed by atoms with Gasteiger partial charge in [-0.25, -0.2) is 0 Å². The molecule has 7 nitrogen and oxygen atoms in total. The van der Waals surface area contributed by atoms with E-state index >= 15 is 0 Å². The van der Waals surface area contributed by atoms with Crippen LogP contribution in [0.1, 0.15) is 38.8 Å². The van der Waals surface area contributed by atoms with Gasteiger partial charge in [-0.2, -0.15) is 0 Å². The smallest absolute Gasteiger partial charge is 0.326 e. The average Bonchev–Trinajstić information content (AvgIpc) is 3.07. The van der Waals surface area contributed by atoms with E-state index in [1.165, 1.54) is 0 Å². The van der Waals surface area contributed by atoms with Crippen LogP contribution in [-0.4, -0.2) is 47.8 Å². The van der Waals surface area contributed by atoms with E-state index in [0.717, 1.165) is 41.0 Å². The lowest BCUT2D eigenvalue weighted by Gasteiger charge is -2.22. The summed E-state index contributed by atoms with van der Waals surface area (Å²) in [5.74, 6) is -0.522. The fraction of sp³-hybridized carbons (Fsp3) is 0.346. The topological polar surface area (TPSA) is 76.2 Å². The number of carbonyl (C=O) groups is 3. The number of carbonyl (C=O) groups excluding carboxylic acids is 3. The van der Waals surface area contributed by atoms with E-state index in [-0.39, 0.29) is 11.0 Å². The Kier molecular flexibility index (Phi) is 8.76. The van der Waals surface area contributed by atoms with E-state index in [9.17, 15) is 14.4 Å². The third-order valence-corrected chi connectivity index (χ3v) is 6.08. The van der Waals surface area contributed by atoms with Gasteiger partial charge in [0.05, 0.1) is 11.0 Å². The van der Waals surface area contributed by atoms with Gasteiger partial charge in [0.2, 0.25) is 0 Å². The zero-order valence-corrected chi connectivity index (χ0v) is 20.8. The maximum Gasteiger partial charge on any atom is 0.326 e. The van der Waals surface area contributed by atoms with Gasteiger partial charge in [0.25, 0.3) is 11.1 Å². The average molecular weight is 483 g/mol. The van der Waals surface area contributed by atoms with Crippen molar-refractivity contribution in [2.24, 2.45) is 0 Å². The highest BCUT2D eigenvalue weighted by Crippen LogP contribution is 2.35. The maximum atomic E-state index is 12.9. The van der Waals surface area contributed by atoms with Gasteiger partial charge in [0.1, 0.15) is 18.9 Å². The minimum atomic E-state index is -0.617. The second-order valence-corrected chi connectivity index (χ2v) is 8.97. The Morgan fingerprint density at radius 1 is 1.09 bits per heavy atom. The van der Waals surface area contributed by atoms with Crippen molar-refractivity contribution in [2.45, 2.75) is 40.4 Å². The van der Waals surface area contributed by atoms with Crippen LogP contribution in [0.4, 0.5) is 10.5 Å². The summed E-state index contributed by atoms with van der Waals surface area (Å²) in [5, 5.41) is -0.497. The number of benzene rings is 2. The molecule has 0 atom stereocenters. The summed E-state index contributed by atoms with van der Waals surface area (Å²) >= 11 is 0.805. The first-order chi connectivity index (χ1) is 16.3. The number of imide groups is 1. The molecule has 0 N–H and O–H groups in total. The highest BCUT2D eigenvalue weighted by atomic mass is 32.2. The Hall–Kier alpha value is -3.26. The number of esters is 1. The normalized spacial score (nSPS) is 14.7. The van der Waals surface area contributed by atoms with E-state index in [4.69, 9.17) is 9.47 Å². The summed E-state index contributed by atoms with van der Waals surface area (Å²) in [5.41, 5.74) is 2.71. The van der Waals surface area contributed by atoms with E-state index < -0.39 is 23.7 Å². The number of anilines is 1. The third kappa shape index (κ3) is 6.41. The molecule has 3 rings (SSSR count). The zero-order valence-electron chi connectivity index (χ0n) is 19.9. The predicted octanol–water partition coefficient (Wildman–Crippen LogP) is 5.10. The van der Waals surface area contributed by atoms with Crippen molar-refractivity contribution < 1.29 is 23.9 Å². The second kappa shape index (κ2) is 11.7. The van der Waals surface area contributed by atoms with E-state index in [2.05, 4.69) is 18.7 Å². The summed E-state index contributed by atoms with van der Waals surface area (Å²) in [6.45, 7) is 9.25. The van der Waals surface area contributed by atoms with Gasteiger partial charge in [0, 0.05) is 30.4 Å². The van der Waals surface area contributed by atoms with E-state index in [1.807, 2.05) is 48.5 Å². The minimum absolute atomic E-state index is 0.238. The molecule has 1 fully saturated rings. The van der Waals surface area contributed by atoms with Crippen LogP contribution in [-0.2, 0) is 20.9 Å². The first-order valence-corrected chi connectivity index (χ1v) is 12.1. The van der Waals surface area contributed by atoms with Crippen LogP contribution in [0.5, 0.6) is 5.75 Å². The minimum Gasteiger partial charge on any atom is -0.488 e. The molecule has 0 aliphatic carbocycles. The van der Waals surface area contributed by atoms with Crippen LogP contribution in [0.2, 0.25) is 0 Å². The Morgan fingerprint density at radius 3 is 2.44 bits per heavy atom. The van der Waals surface area contributed by atoms with Crippen molar-refractivity contribution in [3.8, 4) is 5.75 Å². The monoisotopic (exact) mass is 482 g/mol. The zero-order chi connectivity index (χ0) is 24.7. The number of nitrogens with zero attached hydrogens (tertiary/aromatic N) is 2. The molecule has 2 aromatic rings. The molecule has 0 spiro atoms. The molecule has 1 aliphatic heterocycles. The molecule has 0 unspecified atom stereocenters. The molecule has 180 valence electrons. The second-order valence-electron chi connectivity index (χ2n) is 7.98. The Morgan fingerprint density at radius 2 is 1.79 bits per heavy atom. The largest absolute Gasteiger partial charge is 0.488 e. The third-order valence-electron chi connectivity index (χ3n) is 5.18. The van der Waals surface area contributed by atoms with Crippen LogP contribution in [0.3, 0.4) is 0 Å². The number of hydrogen-bond donors (Lipinski definition) is 0. The lowest BCUT2D eigenvalue weighted by Crippen LogP contribution is -2.35. The van der Waals surface area contributed by atoms with Gasteiger partial charge in [-0.15, -0.1) is 0 Å².